The summed E-state index contributed by atoms with van der Waals surface area (Å²) in [5.41, 5.74) is 0.704. The van der Waals surface area contributed by atoms with E-state index in [-0.39, 0.29) is 28.2 Å². The van der Waals surface area contributed by atoms with Gasteiger partial charge in [0.1, 0.15) is 12.3 Å². The average Bonchev–Trinajstić information content (AvgIpc) is 2.81. The maximum Gasteiger partial charge on any atom is 0.407 e. The van der Waals surface area contributed by atoms with Crippen LogP contribution in [0.3, 0.4) is 0 Å². The predicted molar refractivity (Wildman–Crippen MR) is 127 cm³/mol. The van der Waals surface area contributed by atoms with Gasteiger partial charge in [-0.15, -0.1) is 0 Å². The summed E-state index contributed by atoms with van der Waals surface area (Å²) in [6.45, 7) is 0.0364. The van der Waals surface area contributed by atoms with Crippen molar-refractivity contribution in [1.82, 2.24) is 5.32 Å². The van der Waals surface area contributed by atoms with Crippen molar-refractivity contribution < 1.29 is 34.0 Å². The molecule has 0 heterocycles. The minimum absolute atomic E-state index is 0.0119. The van der Waals surface area contributed by atoms with Gasteiger partial charge >= 0.3 is 12.1 Å². The highest BCUT2D eigenvalue weighted by atomic mass is 35.5. The van der Waals surface area contributed by atoms with Crippen LogP contribution in [0, 0.1) is 5.92 Å². The number of ether oxygens (including phenoxy) is 3. The van der Waals surface area contributed by atoms with Crippen molar-refractivity contribution >= 4 is 35.3 Å². The number of halogens is 2. The van der Waals surface area contributed by atoms with E-state index in [0.29, 0.717) is 36.0 Å². The lowest BCUT2D eigenvalue weighted by Gasteiger charge is -2.22. The van der Waals surface area contributed by atoms with Crippen LogP contribution in [0.15, 0.2) is 30.3 Å². The number of aliphatic carboxylic acids is 1. The Kier molecular flexibility index (Phi) is 9.53. The zero-order valence-electron chi connectivity index (χ0n) is 18.5. The van der Waals surface area contributed by atoms with Crippen molar-refractivity contribution in [3.8, 4) is 23.0 Å². The highest BCUT2D eigenvalue weighted by molar-refractivity contribution is 6.37. The zero-order chi connectivity index (χ0) is 24.5. The van der Waals surface area contributed by atoms with Gasteiger partial charge in [-0.2, -0.15) is 0 Å². The van der Waals surface area contributed by atoms with E-state index >= 15 is 0 Å². The molecule has 1 fully saturated rings. The first kappa shape index (κ1) is 25.8. The van der Waals surface area contributed by atoms with E-state index in [1.807, 2.05) is 0 Å². The van der Waals surface area contributed by atoms with Gasteiger partial charge in [0.25, 0.3) is 0 Å². The molecule has 0 saturated heterocycles. The molecule has 10 heteroatoms. The molecular weight excluding hydrogens is 485 g/mol. The highest BCUT2D eigenvalue weighted by Crippen LogP contribution is 2.40. The first-order valence-electron chi connectivity index (χ1n) is 11.1. The van der Waals surface area contributed by atoms with Gasteiger partial charge < -0.3 is 29.7 Å². The van der Waals surface area contributed by atoms with Crippen molar-refractivity contribution in [2.75, 3.05) is 19.8 Å². The molecule has 0 radical (unpaired) electrons. The van der Waals surface area contributed by atoms with Gasteiger partial charge in [0, 0.05) is 12.5 Å². The van der Waals surface area contributed by atoms with Gasteiger partial charge in [-0.05, 0) is 48.6 Å². The Hall–Kier alpha value is -2.84. The molecule has 3 N–H and O–H groups in total. The van der Waals surface area contributed by atoms with E-state index in [9.17, 15) is 14.7 Å². The van der Waals surface area contributed by atoms with Crippen LogP contribution in [-0.2, 0) is 16.0 Å². The van der Waals surface area contributed by atoms with Gasteiger partial charge in [0.15, 0.2) is 17.2 Å². The molecule has 0 aromatic heterocycles. The maximum atomic E-state index is 11.4. The van der Waals surface area contributed by atoms with E-state index in [1.54, 1.807) is 24.3 Å². The minimum atomic E-state index is -1.16. The third-order valence-electron chi connectivity index (χ3n) is 5.42. The van der Waals surface area contributed by atoms with Crippen LogP contribution in [0.4, 0.5) is 4.79 Å². The molecule has 34 heavy (non-hydrogen) atoms. The smallest absolute Gasteiger partial charge is 0.407 e. The summed E-state index contributed by atoms with van der Waals surface area (Å²) in [6.07, 6.45) is 5.44. The summed E-state index contributed by atoms with van der Waals surface area (Å²) >= 11 is 12.7. The van der Waals surface area contributed by atoms with Crippen LogP contribution in [0.25, 0.3) is 0 Å². The third kappa shape index (κ3) is 7.88. The van der Waals surface area contributed by atoms with Gasteiger partial charge in [-0.3, -0.25) is 4.79 Å². The van der Waals surface area contributed by atoms with Crippen LogP contribution in [0.1, 0.15) is 37.7 Å². The Bertz CT molecular complexity index is 986. The Morgan fingerprint density at radius 1 is 1.06 bits per heavy atom. The molecule has 1 amide bonds. The van der Waals surface area contributed by atoms with E-state index < -0.39 is 18.6 Å². The van der Waals surface area contributed by atoms with Crippen molar-refractivity contribution in [3.05, 3.63) is 45.9 Å². The number of phenolic OH excluding ortho intramolecular Hbond substituents is 1. The molecule has 0 aliphatic heterocycles. The van der Waals surface area contributed by atoms with E-state index in [1.165, 1.54) is 25.3 Å². The lowest BCUT2D eigenvalue weighted by Crippen LogP contribution is -2.30. The number of amides is 1. The van der Waals surface area contributed by atoms with Gasteiger partial charge in [-0.1, -0.05) is 42.5 Å². The summed E-state index contributed by atoms with van der Waals surface area (Å²) in [6, 6.07) is 7.97. The molecule has 0 unspecified atom stereocenters. The second-order valence-corrected chi connectivity index (χ2v) is 8.88. The number of benzene rings is 2. The molecule has 1 aliphatic carbocycles. The number of carbonyl (C=O) groups is 2. The fourth-order valence-electron chi connectivity index (χ4n) is 3.67. The Morgan fingerprint density at radius 2 is 1.76 bits per heavy atom. The van der Waals surface area contributed by atoms with E-state index in [0.717, 1.165) is 12.8 Å². The normalized spacial score (nSPS) is 13.8. The van der Waals surface area contributed by atoms with Crippen LogP contribution in [0.2, 0.25) is 10.0 Å². The zero-order valence-corrected chi connectivity index (χ0v) is 20.0. The second-order valence-electron chi connectivity index (χ2n) is 8.07. The SMILES string of the molecule is O=C(O)CNC(=O)OCCc1cc(Cl)c(Oc2ccc(O)c(OCC3CCCCC3)c2)c(Cl)c1. The number of hydrogen-bond donors (Lipinski definition) is 3. The van der Waals surface area contributed by atoms with Crippen molar-refractivity contribution in [2.45, 2.75) is 38.5 Å². The number of nitrogens with one attached hydrogen (secondary N) is 1. The molecule has 2 aromatic rings. The number of carboxylic acid groups (broad SMARTS) is 1. The highest BCUT2D eigenvalue weighted by Gasteiger charge is 2.17. The Balaban J connectivity index is 1.58. The molecule has 3 rings (SSSR count). The summed E-state index contributed by atoms with van der Waals surface area (Å²) in [7, 11) is 0. The van der Waals surface area contributed by atoms with Gasteiger partial charge in [0.05, 0.1) is 23.3 Å². The fraction of sp³-hybridized carbons (Fsp3) is 0.417. The lowest BCUT2D eigenvalue weighted by molar-refractivity contribution is -0.135. The second kappa shape index (κ2) is 12.6. The van der Waals surface area contributed by atoms with E-state index in [4.69, 9.17) is 42.5 Å². The predicted octanol–water partition coefficient (Wildman–Crippen LogP) is 5.80. The van der Waals surface area contributed by atoms with Crippen LogP contribution < -0.4 is 14.8 Å². The fourth-order valence-corrected chi connectivity index (χ4v) is 4.28. The molecule has 0 spiro atoms. The van der Waals surface area contributed by atoms with Crippen LogP contribution in [-0.4, -0.2) is 42.0 Å². The topological polar surface area (TPSA) is 114 Å². The van der Waals surface area contributed by atoms with Crippen molar-refractivity contribution in [2.24, 2.45) is 5.92 Å². The number of alkyl carbamates (subject to hydrolysis) is 1. The number of hydrogen-bond acceptors (Lipinski definition) is 6. The summed E-state index contributed by atoms with van der Waals surface area (Å²) < 4.78 is 16.7. The lowest BCUT2D eigenvalue weighted by atomic mass is 9.90. The van der Waals surface area contributed by atoms with E-state index in [2.05, 4.69) is 5.32 Å². The minimum Gasteiger partial charge on any atom is -0.504 e. The average molecular weight is 512 g/mol. The third-order valence-corrected chi connectivity index (χ3v) is 5.98. The summed E-state index contributed by atoms with van der Waals surface area (Å²) in [5.74, 6) is 0.347. The van der Waals surface area contributed by atoms with Crippen molar-refractivity contribution in [3.63, 3.8) is 0 Å². The Morgan fingerprint density at radius 3 is 2.44 bits per heavy atom. The first-order chi connectivity index (χ1) is 16.3. The first-order valence-corrected chi connectivity index (χ1v) is 11.8. The van der Waals surface area contributed by atoms with Crippen LogP contribution in [0.5, 0.6) is 23.0 Å². The number of rotatable bonds is 10. The molecule has 1 saturated carbocycles. The van der Waals surface area contributed by atoms with Gasteiger partial charge in [0.2, 0.25) is 0 Å². The standard InChI is InChI=1S/C24H27Cl2NO7/c25-18-10-16(8-9-32-24(31)27-13-22(29)30)11-19(26)23(18)34-17-6-7-20(28)21(12-17)33-14-15-4-2-1-3-5-15/h6-7,10-12,15,28H,1-5,8-9,13-14H2,(H,27,31)(H,29,30). The molecule has 0 bridgehead atoms. The Labute approximate surface area is 207 Å². The quantitative estimate of drug-likeness (QED) is 0.369. The largest absolute Gasteiger partial charge is 0.504 e. The molecular formula is C24H27Cl2NO7. The van der Waals surface area contributed by atoms with Crippen molar-refractivity contribution in [1.29, 1.82) is 0 Å². The molecule has 8 nitrogen and oxygen atoms in total. The monoisotopic (exact) mass is 511 g/mol. The summed E-state index contributed by atoms with van der Waals surface area (Å²) in [5, 5.41) is 21.3. The van der Waals surface area contributed by atoms with Crippen LogP contribution >= 0.6 is 23.2 Å². The summed E-state index contributed by atoms with van der Waals surface area (Å²) in [4.78, 5) is 21.9. The maximum absolute atomic E-state index is 11.4. The molecule has 1 aliphatic rings. The number of aromatic hydroxyl groups is 1. The number of carbonyl (C=O) groups excluding carboxylic acids is 1. The number of phenols is 1. The molecule has 184 valence electrons. The number of carboxylic acids is 1. The van der Waals surface area contributed by atoms with Gasteiger partial charge in [-0.25, -0.2) is 4.79 Å². The molecule has 0 atom stereocenters. The molecule has 2 aromatic carbocycles.